The summed E-state index contributed by atoms with van der Waals surface area (Å²) in [6.45, 7) is 3.71. The molecule has 0 radical (unpaired) electrons. The Morgan fingerprint density at radius 1 is 1.20 bits per heavy atom. The molecule has 1 atom stereocenters. The van der Waals surface area contributed by atoms with Crippen molar-refractivity contribution in [2.75, 3.05) is 13.4 Å². The fourth-order valence-electron chi connectivity index (χ4n) is 4.06. The van der Waals surface area contributed by atoms with E-state index in [9.17, 15) is 14.4 Å². The minimum Gasteiger partial charge on any atom is -0.478 e. The van der Waals surface area contributed by atoms with Gasteiger partial charge in [-0.25, -0.2) is 14.6 Å². The quantitative estimate of drug-likeness (QED) is 0.543. The van der Waals surface area contributed by atoms with Gasteiger partial charge in [0.25, 0.3) is 5.56 Å². The number of carboxylic acid groups (broad SMARTS) is 1. The normalized spacial score (nSPS) is 16.6. The van der Waals surface area contributed by atoms with Gasteiger partial charge in [0.15, 0.2) is 16.3 Å². The van der Waals surface area contributed by atoms with Crippen molar-refractivity contribution >= 4 is 29.4 Å². The van der Waals surface area contributed by atoms with Crippen molar-refractivity contribution in [1.82, 2.24) is 4.57 Å². The van der Waals surface area contributed by atoms with Crippen LogP contribution in [0.1, 0.15) is 41.4 Å². The van der Waals surface area contributed by atoms with Crippen LogP contribution in [0.3, 0.4) is 0 Å². The highest BCUT2D eigenvalue weighted by molar-refractivity contribution is 7.07. The van der Waals surface area contributed by atoms with Gasteiger partial charge >= 0.3 is 11.9 Å². The number of aromatic nitrogens is 1. The van der Waals surface area contributed by atoms with E-state index in [1.807, 2.05) is 0 Å². The lowest BCUT2D eigenvalue weighted by Gasteiger charge is -2.24. The van der Waals surface area contributed by atoms with Crippen molar-refractivity contribution in [3.63, 3.8) is 0 Å². The van der Waals surface area contributed by atoms with E-state index in [2.05, 4.69) is 4.99 Å². The first-order chi connectivity index (χ1) is 16.9. The highest BCUT2D eigenvalue weighted by Gasteiger charge is 2.34. The Hall–Kier alpha value is -4.18. The zero-order chi connectivity index (χ0) is 24.7. The highest BCUT2D eigenvalue weighted by Crippen LogP contribution is 2.38. The molecule has 3 aromatic rings. The maximum absolute atomic E-state index is 13.6. The molecule has 0 spiro atoms. The number of carbonyl (C=O) groups is 2. The van der Waals surface area contributed by atoms with Crippen LogP contribution in [0, 0.1) is 0 Å². The van der Waals surface area contributed by atoms with E-state index in [0.29, 0.717) is 37.7 Å². The fourth-order valence-corrected chi connectivity index (χ4v) is 5.11. The van der Waals surface area contributed by atoms with Crippen LogP contribution in [0.4, 0.5) is 0 Å². The Morgan fingerprint density at radius 2 is 1.94 bits per heavy atom. The first-order valence-corrected chi connectivity index (χ1v) is 11.6. The van der Waals surface area contributed by atoms with E-state index in [1.54, 1.807) is 50.3 Å². The molecule has 5 rings (SSSR count). The summed E-state index contributed by atoms with van der Waals surface area (Å²) in [6.07, 6.45) is 1.68. The molecule has 0 saturated heterocycles. The summed E-state index contributed by atoms with van der Waals surface area (Å²) >= 11 is 1.19. The number of esters is 1. The number of hydrogen-bond donors (Lipinski definition) is 1. The minimum absolute atomic E-state index is 0.0990. The first-order valence-electron chi connectivity index (χ1n) is 10.8. The second-order valence-electron chi connectivity index (χ2n) is 7.84. The molecule has 0 fully saturated rings. The van der Waals surface area contributed by atoms with E-state index < -0.39 is 18.0 Å². The van der Waals surface area contributed by atoms with Crippen molar-refractivity contribution in [3.05, 3.63) is 90.1 Å². The van der Waals surface area contributed by atoms with Crippen LogP contribution in [-0.4, -0.2) is 35.0 Å². The van der Waals surface area contributed by atoms with Crippen LogP contribution in [0.2, 0.25) is 0 Å². The average Bonchev–Trinajstić information content (AvgIpc) is 3.42. The van der Waals surface area contributed by atoms with Crippen LogP contribution in [0.5, 0.6) is 11.5 Å². The summed E-state index contributed by atoms with van der Waals surface area (Å²) < 4.78 is 18.1. The molecular weight excluding hydrogens is 472 g/mol. The van der Waals surface area contributed by atoms with Crippen LogP contribution >= 0.6 is 11.3 Å². The smallest absolute Gasteiger partial charge is 0.338 e. The number of carbonyl (C=O) groups excluding carboxylic acids is 1. The number of fused-ring (bicyclic) bond motifs is 2. The lowest BCUT2D eigenvalue weighted by molar-refractivity contribution is -0.139. The van der Waals surface area contributed by atoms with Gasteiger partial charge in [-0.15, -0.1) is 0 Å². The number of aromatic carboxylic acids is 1. The van der Waals surface area contributed by atoms with E-state index in [1.165, 1.54) is 28.0 Å². The summed E-state index contributed by atoms with van der Waals surface area (Å²) in [5.74, 6) is -0.457. The average molecular weight is 493 g/mol. The predicted molar refractivity (Wildman–Crippen MR) is 126 cm³/mol. The van der Waals surface area contributed by atoms with Gasteiger partial charge in [-0.3, -0.25) is 9.36 Å². The Balaban J connectivity index is 1.68. The number of hydrogen-bond acceptors (Lipinski definition) is 8. The molecule has 1 aromatic heterocycles. The van der Waals surface area contributed by atoms with Crippen molar-refractivity contribution in [1.29, 1.82) is 0 Å². The van der Waals surface area contributed by atoms with Gasteiger partial charge < -0.3 is 19.3 Å². The molecule has 1 N–H and O–H groups in total. The number of nitrogens with zero attached hydrogens (tertiary/aromatic N) is 2. The summed E-state index contributed by atoms with van der Waals surface area (Å²) in [4.78, 5) is 42.7. The van der Waals surface area contributed by atoms with Gasteiger partial charge in [0.05, 0.1) is 34.0 Å². The monoisotopic (exact) mass is 492 g/mol. The SMILES string of the molecule is CCOC(=O)C1=C(C)N=c2s/c(=C\c3ccc(C(=O)O)cc3)c(=O)n2C1c1ccc2c(c1)OCO2. The number of rotatable bonds is 5. The summed E-state index contributed by atoms with van der Waals surface area (Å²) in [6, 6.07) is 10.7. The van der Waals surface area contributed by atoms with E-state index >= 15 is 0 Å². The third-order valence-electron chi connectivity index (χ3n) is 5.68. The first kappa shape index (κ1) is 22.6. The Labute approximate surface area is 202 Å². The van der Waals surface area contributed by atoms with Crippen molar-refractivity contribution in [2.24, 2.45) is 4.99 Å². The maximum atomic E-state index is 13.6. The lowest BCUT2D eigenvalue weighted by Crippen LogP contribution is -2.39. The largest absolute Gasteiger partial charge is 0.478 e. The standard InChI is InChI=1S/C25H20N2O7S/c1-3-32-24(31)20-13(2)26-25-27(21(20)16-8-9-17-18(11-16)34-12-33-17)22(28)19(35-25)10-14-4-6-15(7-5-14)23(29)30/h4-11,21H,3,12H2,1-2H3,(H,29,30)/b19-10-. The van der Waals surface area contributed by atoms with Gasteiger partial charge in [-0.1, -0.05) is 29.5 Å². The van der Waals surface area contributed by atoms with Crippen molar-refractivity contribution < 1.29 is 28.9 Å². The summed E-state index contributed by atoms with van der Waals surface area (Å²) in [7, 11) is 0. The summed E-state index contributed by atoms with van der Waals surface area (Å²) in [5.41, 5.74) is 1.89. The molecule has 2 aliphatic heterocycles. The van der Waals surface area contributed by atoms with E-state index in [4.69, 9.17) is 19.3 Å². The van der Waals surface area contributed by atoms with Gasteiger partial charge in [0, 0.05) is 0 Å². The molecule has 10 heteroatoms. The zero-order valence-corrected chi connectivity index (χ0v) is 19.6. The maximum Gasteiger partial charge on any atom is 0.338 e. The molecule has 178 valence electrons. The topological polar surface area (TPSA) is 116 Å². The zero-order valence-electron chi connectivity index (χ0n) is 18.8. The fraction of sp³-hybridized carbons (Fsp3) is 0.200. The molecule has 0 aliphatic carbocycles. The molecule has 0 amide bonds. The van der Waals surface area contributed by atoms with Crippen LogP contribution < -0.4 is 24.4 Å². The molecular formula is C25H20N2O7S. The van der Waals surface area contributed by atoms with Gasteiger partial charge in [0.1, 0.15) is 0 Å². The lowest BCUT2D eigenvalue weighted by atomic mass is 9.95. The Bertz CT molecular complexity index is 1560. The molecule has 1 unspecified atom stereocenters. The van der Waals surface area contributed by atoms with Crippen LogP contribution in [0.25, 0.3) is 6.08 Å². The minimum atomic E-state index is -1.03. The predicted octanol–water partition coefficient (Wildman–Crippen LogP) is 2.23. The molecule has 9 nitrogen and oxygen atoms in total. The molecule has 3 heterocycles. The number of ether oxygens (including phenoxy) is 3. The molecule has 2 aromatic carbocycles. The number of allylic oxidation sites excluding steroid dienone is 1. The number of benzene rings is 2. The highest BCUT2D eigenvalue weighted by atomic mass is 32.1. The molecule has 0 bridgehead atoms. The van der Waals surface area contributed by atoms with Crippen molar-refractivity contribution in [3.8, 4) is 11.5 Å². The Morgan fingerprint density at radius 3 is 2.66 bits per heavy atom. The molecule has 2 aliphatic rings. The van der Waals surface area contributed by atoms with Gasteiger partial charge in [-0.05, 0) is 55.3 Å². The van der Waals surface area contributed by atoms with Gasteiger partial charge in [-0.2, -0.15) is 0 Å². The second kappa shape index (κ2) is 8.88. The second-order valence-corrected chi connectivity index (χ2v) is 8.85. The van der Waals surface area contributed by atoms with Gasteiger partial charge in [0.2, 0.25) is 6.79 Å². The van der Waals surface area contributed by atoms with Crippen LogP contribution in [-0.2, 0) is 9.53 Å². The third-order valence-corrected chi connectivity index (χ3v) is 6.67. The number of carboxylic acids is 1. The number of thiazole rings is 1. The van der Waals surface area contributed by atoms with Crippen LogP contribution in [0.15, 0.2) is 63.5 Å². The molecule has 35 heavy (non-hydrogen) atoms. The van der Waals surface area contributed by atoms with E-state index in [0.717, 1.165) is 0 Å². The van der Waals surface area contributed by atoms with Crippen molar-refractivity contribution in [2.45, 2.75) is 19.9 Å². The Kier molecular flexibility index (Phi) is 5.73. The summed E-state index contributed by atoms with van der Waals surface area (Å²) in [5, 5.41) is 9.12. The molecule has 0 saturated carbocycles. The van der Waals surface area contributed by atoms with E-state index in [-0.39, 0.29) is 30.1 Å². The third kappa shape index (κ3) is 4.01.